The molecule has 0 aromatic carbocycles. The maximum absolute atomic E-state index is 10.3. The van der Waals surface area contributed by atoms with E-state index >= 15 is 0 Å². The van der Waals surface area contributed by atoms with Gasteiger partial charge in [0, 0.05) is 13.1 Å². The fourth-order valence-corrected chi connectivity index (χ4v) is 0.926. The van der Waals surface area contributed by atoms with Crippen LogP contribution in [0.15, 0.2) is 6.07 Å². The average Bonchev–Trinajstić information content (AvgIpc) is 2.31. The lowest BCUT2D eigenvalue weighted by atomic mass is 10.3. The Labute approximate surface area is 70.0 Å². The summed E-state index contributed by atoms with van der Waals surface area (Å²) in [4.78, 5) is 10.3. The van der Waals surface area contributed by atoms with Crippen molar-refractivity contribution in [3.63, 3.8) is 0 Å². The van der Waals surface area contributed by atoms with E-state index in [0.29, 0.717) is 5.82 Å². The van der Waals surface area contributed by atoms with E-state index in [1.807, 2.05) is 6.92 Å². The highest BCUT2D eigenvalue weighted by Crippen LogP contribution is 2.08. The molecule has 0 saturated heterocycles. The van der Waals surface area contributed by atoms with E-state index in [1.54, 1.807) is 13.1 Å². The van der Waals surface area contributed by atoms with Crippen LogP contribution in [-0.4, -0.2) is 21.0 Å². The number of anilines is 1. The van der Waals surface area contributed by atoms with Gasteiger partial charge in [-0.2, -0.15) is 5.10 Å². The minimum absolute atomic E-state index is 0.499. The van der Waals surface area contributed by atoms with Crippen LogP contribution in [0.2, 0.25) is 0 Å². The third-order valence-corrected chi connectivity index (χ3v) is 1.53. The zero-order valence-electron chi connectivity index (χ0n) is 7.03. The number of hydrogen-bond acceptors (Lipinski definition) is 2. The number of rotatable bonds is 2. The SMILES string of the molecule is CCc1cc(NC(=O)O)n(C)n1. The highest BCUT2D eigenvalue weighted by Gasteiger charge is 2.05. The van der Waals surface area contributed by atoms with Crippen molar-refractivity contribution in [2.75, 3.05) is 5.32 Å². The fourth-order valence-electron chi connectivity index (χ4n) is 0.926. The van der Waals surface area contributed by atoms with Gasteiger partial charge in [-0.15, -0.1) is 0 Å². The molecule has 0 spiro atoms. The number of nitrogens with one attached hydrogen (secondary N) is 1. The number of carbonyl (C=O) groups is 1. The average molecular weight is 169 g/mol. The summed E-state index contributed by atoms with van der Waals surface area (Å²) in [5.41, 5.74) is 0.876. The molecule has 0 aliphatic rings. The predicted molar refractivity (Wildman–Crippen MR) is 44.2 cm³/mol. The van der Waals surface area contributed by atoms with Crippen LogP contribution in [0.5, 0.6) is 0 Å². The smallest absolute Gasteiger partial charge is 0.410 e. The first kappa shape index (κ1) is 8.58. The molecule has 1 amide bonds. The van der Waals surface area contributed by atoms with Gasteiger partial charge < -0.3 is 5.11 Å². The topological polar surface area (TPSA) is 67.2 Å². The second kappa shape index (κ2) is 3.25. The lowest BCUT2D eigenvalue weighted by Crippen LogP contribution is -2.10. The van der Waals surface area contributed by atoms with Gasteiger partial charge in [0.1, 0.15) is 5.82 Å². The van der Waals surface area contributed by atoms with Gasteiger partial charge in [-0.1, -0.05) is 6.92 Å². The summed E-state index contributed by atoms with van der Waals surface area (Å²) >= 11 is 0. The van der Waals surface area contributed by atoms with E-state index in [1.165, 1.54) is 4.68 Å². The lowest BCUT2D eigenvalue weighted by Gasteiger charge is -1.98. The van der Waals surface area contributed by atoms with E-state index in [0.717, 1.165) is 12.1 Å². The number of carboxylic acid groups (broad SMARTS) is 1. The molecular formula is C7H11N3O2. The second-order valence-corrected chi connectivity index (χ2v) is 2.43. The minimum Gasteiger partial charge on any atom is -0.465 e. The third-order valence-electron chi connectivity index (χ3n) is 1.53. The van der Waals surface area contributed by atoms with E-state index in [4.69, 9.17) is 5.11 Å². The van der Waals surface area contributed by atoms with E-state index in [9.17, 15) is 4.79 Å². The Morgan fingerprint density at radius 2 is 2.50 bits per heavy atom. The van der Waals surface area contributed by atoms with Crippen molar-refractivity contribution in [3.8, 4) is 0 Å². The maximum Gasteiger partial charge on any atom is 0.410 e. The molecule has 0 atom stereocenters. The molecule has 5 heteroatoms. The van der Waals surface area contributed by atoms with Gasteiger partial charge in [0.15, 0.2) is 0 Å². The van der Waals surface area contributed by atoms with Gasteiger partial charge in [-0.05, 0) is 6.42 Å². The summed E-state index contributed by atoms with van der Waals surface area (Å²) < 4.78 is 1.51. The van der Waals surface area contributed by atoms with Gasteiger partial charge in [0.05, 0.1) is 5.69 Å². The molecule has 0 radical (unpaired) electrons. The zero-order valence-corrected chi connectivity index (χ0v) is 7.03. The molecular weight excluding hydrogens is 158 g/mol. The second-order valence-electron chi connectivity index (χ2n) is 2.43. The van der Waals surface area contributed by atoms with Crippen molar-refractivity contribution in [1.29, 1.82) is 0 Å². The van der Waals surface area contributed by atoms with Crippen LogP contribution in [-0.2, 0) is 13.5 Å². The molecule has 0 aliphatic carbocycles. The first-order chi connectivity index (χ1) is 5.63. The summed E-state index contributed by atoms with van der Waals surface area (Å²) in [6.45, 7) is 1.97. The van der Waals surface area contributed by atoms with Crippen molar-refractivity contribution in [1.82, 2.24) is 9.78 Å². The first-order valence-corrected chi connectivity index (χ1v) is 3.66. The molecule has 0 saturated carbocycles. The highest BCUT2D eigenvalue weighted by molar-refractivity contribution is 5.81. The largest absolute Gasteiger partial charge is 0.465 e. The van der Waals surface area contributed by atoms with Crippen LogP contribution in [0.25, 0.3) is 0 Å². The Balaban J connectivity index is 2.84. The van der Waals surface area contributed by atoms with Crippen LogP contribution in [0.4, 0.5) is 10.6 Å². The Kier molecular flexibility index (Phi) is 2.32. The van der Waals surface area contributed by atoms with Crippen molar-refractivity contribution in [2.24, 2.45) is 7.05 Å². The molecule has 0 unspecified atom stereocenters. The van der Waals surface area contributed by atoms with Crippen LogP contribution in [0.1, 0.15) is 12.6 Å². The molecule has 1 aromatic heterocycles. The summed E-state index contributed by atoms with van der Waals surface area (Å²) in [5.74, 6) is 0.499. The molecule has 1 heterocycles. The molecule has 0 bridgehead atoms. The van der Waals surface area contributed by atoms with Crippen molar-refractivity contribution >= 4 is 11.9 Å². The molecule has 12 heavy (non-hydrogen) atoms. The predicted octanol–water partition coefficient (Wildman–Crippen LogP) is 1.07. The Hall–Kier alpha value is -1.52. The third kappa shape index (κ3) is 1.75. The molecule has 66 valence electrons. The van der Waals surface area contributed by atoms with Gasteiger partial charge >= 0.3 is 6.09 Å². The Morgan fingerprint density at radius 1 is 1.83 bits per heavy atom. The summed E-state index contributed by atoms with van der Waals surface area (Å²) in [5, 5.41) is 14.7. The molecule has 2 N–H and O–H groups in total. The number of nitrogens with zero attached hydrogens (tertiary/aromatic N) is 2. The minimum atomic E-state index is -1.07. The Morgan fingerprint density at radius 3 is 2.92 bits per heavy atom. The van der Waals surface area contributed by atoms with Crippen LogP contribution < -0.4 is 5.32 Å². The standard InChI is InChI=1S/C7H11N3O2/c1-3-5-4-6(8-7(11)12)10(2)9-5/h4,8H,3H2,1-2H3,(H,11,12). The van der Waals surface area contributed by atoms with Crippen molar-refractivity contribution < 1.29 is 9.90 Å². The van der Waals surface area contributed by atoms with Gasteiger partial charge in [-0.3, -0.25) is 10.00 Å². The number of hydrogen-bond donors (Lipinski definition) is 2. The monoisotopic (exact) mass is 169 g/mol. The normalized spacial score (nSPS) is 9.83. The lowest BCUT2D eigenvalue weighted by molar-refractivity contribution is 0.209. The van der Waals surface area contributed by atoms with Gasteiger partial charge in [-0.25, -0.2) is 4.79 Å². The van der Waals surface area contributed by atoms with Crippen molar-refractivity contribution in [2.45, 2.75) is 13.3 Å². The molecule has 0 fully saturated rings. The van der Waals surface area contributed by atoms with E-state index < -0.39 is 6.09 Å². The number of aromatic nitrogens is 2. The maximum atomic E-state index is 10.3. The van der Waals surface area contributed by atoms with Crippen LogP contribution in [0, 0.1) is 0 Å². The summed E-state index contributed by atoms with van der Waals surface area (Å²) in [7, 11) is 1.70. The number of aryl methyl sites for hydroxylation is 2. The zero-order chi connectivity index (χ0) is 9.14. The van der Waals surface area contributed by atoms with Gasteiger partial charge in [0.25, 0.3) is 0 Å². The molecule has 0 aliphatic heterocycles. The molecule has 1 aromatic rings. The first-order valence-electron chi connectivity index (χ1n) is 3.66. The van der Waals surface area contributed by atoms with Crippen LogP contribution in [0.3, 0.4) is 0 Å². The van der Waals surface area contributed by atoms with Gasteiger partial charge in [0.2, 0.25) is 0 Å². The highest BCUT2D eigenvalue weighted by atomic mass is 16.4. The summed E-state index contributed by atoms with van der Waals surface area (Å²) in [6.07, 6.45) is -0.268. The summed E-state index contributed by atoms with van der Waals surface area (Å²) in [6, 6.07) is 1.72. The van der Waals surface area contributed by atoms with Crippen molar-refractivity contribution in [3.05, 3.63) is 11.8 Å². The van der Waals surface area contributed by atoms with Crippen LogP contribution >= 0.6 is 0 Å². The quantitative estimate of drug-likeness (QED) is 0.695. The molecule has 1 rings (SSSR count). The Bertz CT molecular complexity index is 293. The van der Waals surface area contributed by atoms with E-state index in [2.05, 4.69) is 10.4 Å². The number of amides is 1. The molecule has 5 nitrogen and oxygen atoms in total. The fraction of sp³-hybridized carbons (Fsp3) is 0.429. The van der Waals surface area contributed by atoms with E-state index in [-0.39, 0.29) is 0 Å².